The van der Waals surface area contributed by atoms with Crippen LogP contribution in [0.2, 0.25) is 5.02 Å². The lowest BCUT2D eigenvalue weighted by molar-refractivity contribution is 0.0999. The number of halogens is 1. The molecule has 0 radical (unpaired) electrons. The van der Waals surface area contributed by atoms with Crippen LogP contribution in [0.3, 0.4) is 0 Å². The molecule has 4 rings (SSSR count). The van der Waals surface area contributed by atoms with Gasteiger partial charge in [0.1, 0.15) is 5.58 Å². The van der Waals surface area contributed by atoms with Crippen molar-refractivity contribution in [2.45, 2.75) is 6.54 Å². The second kappa shape index (κ2) is 7.56. The van der Waals surface area contributed by atoms with E-state index in [0.717, 1.165) is 10.9 Å². The third kappa shape index (κ3) is 3.81. The first-order valence-corrected chi connectivity index (χ1v) is 8.95. The number of anilines is 2. The van der Waals surface area contributed by atoms with Crippen LogP contribution < -0.4 is 10.6 Å². The predicted molar refractivity (Wildman–Crippen MR) is 109 cm³/mol. The molecular weight excluding hydrogens is 360 g/mol. The summed E-state index contributed by atoms with van der Waals surface area (Å²) in [5, 5.41) is 7.77. The van der Waals surface area contributed by atoms with E-state index in [9.17, 15) is 4.79 Å². The van der Waals surface area contributed by atoms with Gasteiger partial charge in [-0.2, -0.15) is 0 Å². The van der Waals surface area contributed by atoms with Crippen LogP contribution >= 0.6 is 11.6 Å². The maximum Gasteiger partial charge on any atom is 0.293 e. The quantitative estimate of drug-likeness (QED) is 0.452. The second-order valence-electron chi connectivity index (χ2n) is 6.10. The van der Waals surface area contributed by atoms with Crippen LogP contribution in [-0.4, -0.2) is 5.91 Å². The van der Waals surface area contributed by atoms with Gasteiger partial charge in [0, 0.05) is 22.6 Å². The summed E-state index contributed by atoms with van der Waals surface area (Å²) in [6.07, 6.45) is 0. The number of fused-ring (bicyclic) bond motifs is 1. The summed E-state index contributed by atoms with van der Waals surface area (Å²) in [7, 11) is 0. The molecular formula is C22H17ClN2O2. The molecule has 4 aromatic rings. The number of hydrogen-bond acceptors (Lipinski definition) is 3. The Morgan fingerprint density at radius 2 is 1.59 bits per heavy atom. The highest BCUT2D eigenvalue weighted by Crippen LogP contribution is 2.32. The van der Waals surface area contributed by atoms with Gasteiger partial charge in [-0.1, -0.05) is 54.1 Å². The third-order valence-corrected chi connectivity index (χ3v) is 4.47. The van der Waals surface area contributed by atoms with Crippen molar-refractivity contribution in [1.82, 2.24) is 0 Å². The van der Waals surface area contributed by atoms with Gasteiger partial charge in [-0.15, -0.1) is 0 Å². The van der Waals surface area contributed by atoms with Crippen molar-refractivity contribution in [2.75, 3.05) is 10.6 Å². The number of carbonyl (C=O) groups excluding carboxylic acids is 1. The fourth-order valence-electron chi connectivity index (χ4n) is 2.88. The SMILES string of the molecule is O=C(Nc1ccccc1)c1oc2ccccc2c1NCc1ccc(Cl)cc1. The third-order valence-electron chi connectivity index (χ3n) is 4.22. The van der Waals surface area contributed by atoms with E-state index >= 15 is 0 Å². The Labute approximate surface area is 161 Å². The van der Waals surface area contributed by atoms with E-state index < -0.39 is 0 Å². The van der Waals surface area contributed by atoms with E-state index in [1.807, 2.05) is 78.9 Å². The summed E-state index contributed by atoms with van der Waals surface area (Å²) in [5.74, 6) is -0.0370. The van der Waals surface area contributed by atoms with Crippen molar-refractivity contribution in [2.24, 2.45) is 0 Å². The Morgan fingerprint density at radius 1 is 0.889 bits per heavy atom. The molecule has 27 heavy (non-hydrogen) atoms. The monoisotopic (exact) mass is 376 g/mol. The standard InChI is InChI=1S/C22H17ClN2O2/c23-16-12-10-15(11-13-16)14-24-20-18-8-4-5-9-19(18)27-21(20)22(26)25-17-6-2-1-3-7-17/h1-13,24H,14H2,(H,25,26). The molecule has 1 heterocycles. The van der Waals surface area contributed by atoms with E-state index in [2.05, 4.69) is 10.6 Å². The minimum atomic E-state index is -0.295. The molecule has 3 aromatic carbocycles. The molecule has 5 heteroatoms. The molecule has 4 nitrogen and oxygen atoms in total. The Bertz CT molecular complexity index is 1070. The highest BCUT2D eigenvalue weighted by atomic mass is 35.5. The molecule has 0 saturated carbocycles. The minimum absolute atomic E-state index is 0.258. The van der Waals surface area contributed by atoms with Crippen LogP contribution in [0.5, 0.6) is 0 Å². The minimum Gasteiger partial charge on any atom is -0.449 e. The molecule has 0 aliphatic heterocycles. The zero-order valence-corrected chi connectivity index (χ0v) is 15.2. The van der Waals surface area contributed by atoms with Gasteiger partial charge in [0.05, 0.1) is 5.69 Å². The maximum absolute atomic E-state index is 12.8. The number of hydrogen-bond donors (Lipinski definition) is 2. The Kier molecular flexibility index (Phi) is 4.81. The summed E-state index contributed by atoms with van der Waals surface area (Å²) in [5.41, 5.74) is 3.11. The molecule has 1 amide bonds. The summed E-state index contributed by atoms with van der Waals surface area (Å²) in [6, 6.07) is 24.5. The molecule has 0 saturated heterocycles. The molecule has 134 valence electrons. The van der Waals surface area contributed by atoms with Gasteiger partial charge in [0.2, 0.25) is 5.76 Å². The van der Waals surface area contributed by atoms with Crippen LogP contribution in [0.4, 0.5) is 11.4 Å². The van der Waals surface area contributed by atoms with Crippen molar-refractivity contribution in [3.63, 3.8) is 0 Å². The summed E-state index contributed by atoms with van der Waals surface area (Å²) >= 11 is 5.94. The molecule has 0 unspecified atom stereocenters. The van der Waals surface area contributed by atoms with Gasteiger partial charge in [-0.05, 0) is 42.0 Å². The zero-order chi connectivity index (χ0) is 18.6. The number of amides is 1. The molecule has 2 N–H and O–H groups in total. The van der Waals surface area contributed by atoms with Gasteiger partial charge in [-0.3, -0.25) is 4.79 Å². The van der Waals surface area contributed by atoms with Gasteiger partial charge < -0.3 is 15.1 Å². The largest absolute Gasteiger partial charge is 0.449 e. The highest BCUT2D eigenvalue weighted by molar-refractivity contribution is 6.30. The molecule has 0 aliphatic carbocycles. The Balaban J connectivity index is 1.64. The van der Waals surface area contributed by atoms with Crippen LogP contribution in [0.15, 0.2) is 83.3 Å². The lowest BCUT2D eigenvalue weighted by Crippen LogP contribution is -2.13. The number of nitrogens with one attached hydrogen (secondary N) is 2. The average molecular weight is 377 g/mol. The van der Waals surface area contributed by atoms with Gasteiger partial charge >= 0.3 is 0 Å². The fraction of sp³-hybridized carbons (Fsp3) is 0.0455. The maximum atomic E-state index is 12.8. The fourth-order valence-corrected chi connectivity index (χ4v) is 3.01. The molecule has 0 aliphatic rings. The number of rotatable bonds is 5. The lowest BCUT2D eigenvalue weighted by Gasteiger charge is -2.08. The van der Waals surface area contributed by atoms with Gasteiger partial charge in [0.25, 0.3) is 5.91 Å². The number of benzene rings is 3. The van der Waals surface area contributed by atoms with E-state index in [4.69, 9.17) is 16.0 Å². The second-order valence-corrected chi connectivity index (χ2v) is 6.54. The highest BCUT2D eigenvalue weighted by Gasteiger charge is 2.20. The Hall–Kier alpha value is -3.24. The topological polar surface area (TPSA) is 54.3 Å². The first-order chi connectivity index (χ1) is 13.2. The van der Waals surface area contributed by atoms with Crippen molar-refractivity contribution in [3.8, 4) is 0 Å². The predicted octanol–water partition coefficient (Wildman–Crippen LogP) is 5.95. The lowest BCUT2D eigenvalue weighted by atomic mass is 10.2. The molecule has 0 atom stereocenters. The van der Waals surface area contributed by atoms with Crippen molar-refractivity contribution < 1.29 is 9.21 Å². The van der Waals surface area contributed by atoms with Crippen molar-refractivity contribution in [3.05, 3.63) is 95.2 Å². The van der Waals surface area contributed by atoms with Crippen LogP contribution in [0, 0.1) is 0 Å². The average Bonchev–Trinajstić information content (AvgIpc) is 3.07. The summed E-state index contributed by atoms with van der Waals surface area (Å²) < 4.78 is 5.85. The molecule has 0 spiro atoms. The first kappa shape index (κ1) is 17.2. The summed E-state index contributed by atoms with van der Waals surface area (Å²) in [6.45, 7) is 0.548. The van der Waals surface area contributed by atoms with E-state index in [-0.39, 0.29) is 11.7 Å². The van der Waals surface area contributed by atoms with Gasteiger partial charge in [-0.25, -0.2) is 0 Å². The molecule has 1 aromatic heterocycles. The number of carbonyl (C=O) groups is 1. The normalized spacial score (nSPS) is 10.7. The first-order valence-electron chi connectivity index (χ1n) is 8.57. The summed E-state index contributed by atoms with van der Waals surface area (Å²) in [4.78, 5) is 12.8. The van der Waals surface area contributed by atoms with Gasteiger partial charge in [0.15, 0.2) is 0 Å². The molecule has 0 bridgehead atoms. The van der Waals surface area contributed by atoms with E-state index in [1.54, 1.807) is 0 Å². The molecule has 0 fully saturated rings. The Morgan fingerprint density at radius 3 is 2.37 bits per heavy atom. The van der Waals surface area contributed by atoms with Crippen molar-refractivity contribution in [1.29, 1.82) is 0 Å². The van der Waals surface area contributed by atoms with Crippen molar-refractivity contribution >= 4 is 39.9 Å². The van der Waals surface area contributed by atoms with Crippen LogP contribution in [0.1, 0.15) is 16.1 Å². The van der Waals surface area contributed by atoms with Crippen LogP contribution in [-0.2, 0) is 6.54 Å². The number of para-hydroxylation sites is 2. The smallest absolute Gasteiger partial charge is 0.293 e. The number of furan rings is 1. The van der Waals surface area contributed by atoms with E-state index in [0.29, 0.717) is 28.5 Å². The van der Waals surface area contributed by atoms with Crippen LogP contribution in [0.25, 0.3) is 11.0 Å². The van der Waals surface area contributed by atoms with E-state index in [1.165, 1.54) is 0 Å². The zero-order valence-electron chi connectivity index (χ0n) is 14.4.